The third-order valence-corrected chi connectivity index (χ3v) is 7.69. The molecule has 226 valence electrons. The molecule has 3 heterocycles. The molecule has 0 saturated heterocycles. The monoisotopic (exact) mass is 595 g/mol. The van der Waals surface area contributed by atoms with Gasteiger partial charge in [0.2, 0.25) is 17.7 Å². The summed E-state index contributed by atoms with van der Waals surface area (Å²) in [5, 5.41) is 9.99. The summed E-state index contributed by atoms with van der Waals surface area (Å²) in [6, 6.07) is 1.79. The summed E-state index contributed by atoms with van der Waals surface area (Å²) in [7, 11) is 1.40. The van der Waals surface area contributed by atoms with Crippen LogP contribution in [0.2, 0.25) is 0 Å². The molecule has 5 rings (SSSR count). The first-order chi connectivity index (χ1) is 19.9. The molecule has 2 amide bonds. The predicted octanol–water partition coefficient (Wildman–Crippen LogP) is 4.73. The second-order valence-electron chi connectivity index (χ2n) is 10.8. The molecular formula is C27H30F5N7O3. The van der Waals surface area contributed by atoms with E-state index in [-0.39, 0.29) is 49.1 Å². The first-order valence-electron chi connectivity index (χ1n) is 13.7. The molecule has 2 aliphatic rings. The van der Waals surface area contributed by atoms with Gasteiger partial charge in [0.05, 0.1) is 43.7 Å². The average Bonchev–Trinajstić information content (AvgIpc) is 3.71. The van der Waals surface area contributed by atoms with Crippen molar-refractivity contribution in [2.45, 2.75) is 75.5 Å². The topological polar surface area (TPSA) is 123 Å². The van der Waals surface area contributed by atoms with E-state index in [1.807, 2.05) is 0 Å². The van der Waals surface area contributed by atoms with Gasteiger partial charge in [-0.3, -0.25) is 9.59 Å². The lowest BCUT2D eigenvalue weighted by molar-refractivity contribution is -0.144. The number of halogens is 5. The van der Waals surface area contributed by atoms with E-state index in [1.54, 1.807) is 12.3 Å². The van der Waals surface area contributed by atoms with Gasteiger partial charge in [0, 0.05) is 25.3 Å². The maximum Gasteiger partial charge on any atom is 0.389 e. The first-order valence-corrected chi connectivity index (χ1v) is 13.7. The number of imidazole rings is 1. The smallest absolute Gasteiger partial charge is 0.389 e. The van der Waals surface area contributed by atoms with Crippen LogP contribution in [0.15, 0.2) is 30.9 Å². The Bertz CT molecular complexity index is 1430. The summed E-state index contributed by atoms with van der Waals surface area (Å²) in [6.45, 7) is 0. The molecule has 0 aromatic carbocycles. The van der Waals surface area contributed by atoms with E-state index in [1.165, 1.54) is 30.2 Å². The Morgan fingerprint density at radius 3 is 2.45 bits per heavy atom. The number of carbonyl (C=O) groups is 2. The van der Waals surface area contributed by atoms with E-state index in [4.69, 9.17) is 4.74 Å². The highest BCUT2D eigenvalue weighted by atomic mass is 19.4. The minimum atomic E-state index is -4.43. The predicted molar refractivity (Wildman–Crippen MR) is 138 cm³/mol. The molecular weight excluding hydrogens is 565 g/mol. The van der Waals surface area contributed by atoms with Crippen molar-refractivity contribution in [1.29, 1.82) is 0 Å². The third kappa shape index (κ3) is 7.29. The van der Waals surface area contributed by atoms with Crippen LogP contribution in [-0.2, 0) is 4.79 Å². The van der Waals surface area contributed by atoms with Gasteiger partial charge in [0.25, 0.3) is 5.91 Å². The van der Waals surface area contributed by atoms with E-state index in [2.05, 4.69) is 30.7 Å². The highest BCUT2D eigenvalue weighted by Gasteiger charge is 2.40. The lowest BCUT2D eigenvalue weighted by Gasteiger charge is -2.33. The Morgan fingerprint density at radius 2 is 1.79 bits per heavy atom. The molecule has 0 bridgehead atoms. The number of methoxy groups -OCH3 is 1. The number of hydrogen-bond acceptors (Lipinski definition) is 7. The summed E-state index contributed by atoms with van der Waals surface area (Å²) in [5.41, 5.74) is 1.40. The van der Waals surface area contributed by atoms with Crippen LogP contribution in [-0.4, -0.2) is 55.6 Å². The third-order valence-electron chi connectivity index (χ3n) is 7.69. The fourth-order valence-electron chi connectivity index (χ4n) is 5.25. The maximum atomic E-state index is 14.0. The Balaban J connectivity index is 1.40. The molecule has 3 aromatic heterocycles. The number of amides is 2. The minimum absolute atomic E-state index is 0.0331. The van der Waals surface area contributed by atoms with Gasteiger partial charge < -0.3 is 15.4 Å². The van der Waals surface area contributed by atoms with Gasteiger partial charge in [-0.2, -0.15) is 18.3 Å². The SMILES string of the molecule is COc1cc(C(=O)N[C@H](c2cn3ncc([C@H](NC(=O)CCC(F)(F)F)C4CC4)cc3n2)C2CCC(F)(F)CC2)ncn1. The van der Waals surface area contributed by atoms with Crippen molar-refractivity contribution in [3.63, 3.8) is 0 Å². The van der Waals surface area contributed by atoms with Gasteiger partial charge >= 0.3 is 6.18 Å². The zero-order chi connectivity index (χ0) is 30.1. The molecule has 0 unspecified atom stereocenters. The molecule has 10 nitrogen and oxygen atoms in total. The molecule has 2 saturated carbocycles. The van der Waals surface area contributed by atoms with Crippen molar-refractivity contribution in [3.05, 3.63) is 47.8 Å². The summed E-state index contributed by atoms with van der Waals surface area (Å²) in [4.78, 5) is 38.0. The summed E-state index contributed by atoms with van der Waals surface area (Å²) < 4.78 is 72.3. The van der Waals surface area contributed by atoms with Crippen molar-refractivity contribution >= 4 is 17.5 Å². The quantitative estimate of drug-likeness (QED) is 0.325. The Kier molecular flexibility index (Phi) is 8.28. The van der Waals surface area contributed by atoms with Crippen LogP contribution in [0.4, 0.5) is 22.0 Å². The van der Waals surface area contributed by atoms with Gasteiger partial charge in [-0.05, 0) is 49.1 Å². The van der Waals surface area contributed by atoms with E-state index < -0.39 is 48.8 Å². The van der Waals surface area contributed by atoms with E-state index in [0.29, 0.717) is 16.9 Å². The number of fused-ring (bicyclic) bond motifs is 1. The van der Waals surface area contributed by atoms with Crippen LogP contribution in [0, 0.1) is 11.8 Å². The van der Waals surface area contributed by atoms with E-state index in [0.717, 1.165) is 12.8 Å². The van der Waals surface area contributed by atoms with Gasteiger partial charge in [0.1, 0.15) is 12.0 Å². The van der Waals surface area contributed by atoms with Crippen molar-refractivity contribution in [2.24, 2.45) is 11.8 Å². The van der Waals surface area contributed by atoms with Crippen molar-refractivity contribution in [3.8, 4) is 5.88 Å². The Labute approximate surface area is 237 Å². The molecule has 2 fully saturated rings. The highest BCUT2D eigenvalue weighted by molar-refractivity contribution is 5.92. The number of ether oxygens (including phenoxy) is 1. The van der Waals surface area contributed by atoms with Crippen LogP contribution < -0.4 is 15.4 Å². The van der Waals surface area contributed by atoms with Crippen LogP contribution in [0.3, 0.4) is 0 Å². The molecule has 3 aromatic rings. The second kappa shape index (κ2) is 11.8. The van der Waals surface area contributed by atoms with Gasteiger partial charge in [-0.15, -0.1) is 0 Å². The molecule has 2 N–H and O–H groups in total. The molecule has 15 heteroatoms. The van der Waals surface area contributed by atoms with Crippen molar-refractivity contribution in [2.75, 3.05) is 7.11 Å². The summed E-state index contributed by atoms with van der Waals surface area (Å²) >= 11 is 0. The number of alkyl halides is 5. The van der Waals surface area contributed by atoms with Gasteiger partial charge in [-0.25, -0.2) is 28.2 Å². The van der Waals surface area contributed by atoms with Crippen LogP contribution in [0.5, 0.6) is 5.88 Å². The standard InChI is InChI=1S/C27H30F5N7O3/c1-42-22-11-18(33-14-34-22)25(41)38-24(16-4-7-26(28,29)8-5-16)19-13-39-20(36-19)10-17(12-35-39)23(15-2-3-15)37-21(40)6-9-27(30,31)32/h10-16,23-24H,2-9H2,1H3,(H,37,40)(H,38,41)/t23-,24+/m1/s1. The largest absolute Gasteiger partial charge is 0.481 e. The number of hydrogen-bond donors (Lipinski definition) is 2. The zero-order valence-corrected chi connectivity index (χ0v) is 22.7. The molecule has 2 aliphatic carbocycles. The molecule has 42 heavy (non-hydrogen) atoms. The Morgan fingerprint density at radius 1 is 1.07 bits per heavy atom. The number of nitrogens with one attached hydrogen (secondary N) is 2. The number of rotatable bonds is 10. The lowest BCUT2D eigenvalue weighted by atomic mass is 9.81. The normalized spacial score (nSPS) is 18.8. The zero-order valence-electron chi connectivity index (χ0n) is 22.7. The van der Waals surface area contributed by atoms with Gasteiger partial charge in [-0.1, -0.05) is 0 Å². The number of carbonyl (C=O) groups excluding carboxylic acids is 2. The van der Waals surface area contributed by atoms with Crippen LogP contribution in [0.25, 0.3) is 5.65 Å². The molecule has 2 atom stereocenters. The first kappa shape index (κ1) is 29.6. The maximum absolute atomic E-state index is 14.0. The van der Waals surface area contributed by atoms with Crippen molar-refractivity contribution < 1.29 is 36.3 Å². The molecule has 0 spiro atoms. The van der Waals surface area contributed by atoms with Crippen LogP contribution >= 0.6 is 0 Å². The van der Waals surface area contributed by atoms with E-state index >= 15 is 0 Å². The fraction of sp³-hybridized carbons (Fsp3) is 0.556. The van der Waals surface area contributed by atoms with Gasteiger partial charge in [0.15, 0.2) is 5.65 Å². The summed E-state index contributed by atoms with van der Waals surface area (Å²) in [6.07, 6.45) is -0.717. The lowest BCUT2D eigenvalue weighted by Crippen LogP contribution is -2.37. The molecule has 0 aliphatic heterocycles. The second-order valence-corrected chi connectivity index (χ2v) is 10.8. The fourth-order valence-corrected chi connectivity index (χ4v) is 5.25. The summed E-state index contributed by atoms with van der Waals surface area (Å²) in [5.74, 6) is -4.12. The number of aromatic nitrogens is 5. The minimum Gasteiger partial charge on any atom is -0.481 e. The highest BCUT2D eigenvalue weighted by Crippen LogP contribution is 2.43. The van der Waals surface area contributed by atoms with E-state index in [9.17, 15) is 31.5 Å². The average molecular weight is 596 g/mol. The number of nitrogens with zero attached hydrogens (tertiary/aromatic N) is 5. The van der Waals surface area contributed by atoms with Crippen LogP contribution in [0.1, 0.15) is 85.2 Å². The molecule has 0 radical (unpaired) electrons. The van der Waals surface area contributed by atoms with Crippen molar-refractivity contribution in [1.82, 2.24) is 35.2 Å². The Hall–Kier alpha value is -3.91.